The number of carbonyl (C=O) groups is 1. The molecule has 7 nitrogen and oxygen atoms in total. The Hall–Kier alpha value is -3.45. The zero-order valence-corrected chi connectivity index (χ0v) is 21.0. The van der Waals surface area contributed by atoms with Gasteiger partial charge in [-0.3, -0.25) is 4.79 Å². The first-order valence-electron chi connectivity index (χ1n) is 12.3. The van der Waals surface area contributed by atoms with Gasteiger partial charge < -0.3 is 20.7 Å². The van der Waals surface area contributed by atoms with Crippen molar-refractivity contribution in [3.8, 4) is 5.88 Å². The van der Waals surface area contributed by atoms with Crippen LogP contribution in [0.3, 0.4) is 0 Å². The van der Waals surface area contributed by atoms with E-state index in [4.69, 9.17) is 4.74 Å². The van der Waals surface area contributed by atoms with E-state index in [0.717, 1.165) is 24.2 Å². The number of hydrogen-bond donors (Lipinski definition) is 3. The fourth-order valence-corrected chi connectivity index (χ4v) is 4.18. The molecule has 1 saturated heterocycles. The Balaban J connectivity index is 1.39. The molecule has 1 amide bonds. The smallest absolute Gasteiger partial charge is 0.259 e. The molecule has 1 aliphatic heterocycles. The quantitative estimate of drug-likeness (QED) is 0.419. The number of rotatable bonds is 8. The number of nitrogens with one attached hydrogen (secondary N) is 3. The Morgan fingerprint density at radius 3 is 2.66 bits per heavy atom. The molecular formula is C28H35N5O2. The fraction of sp³-hybridized carbons (Fsp3) is 0.393. The first kappa shape index (κ1) is 24.7. The van der Waals surface area contributed by atoms with Crippen LogP contribution < -0.4 is 20.7 Å². The van der Waals surface area contributed by atoms with Crippen LogP contribution in [0.4, 0.5) is 11.5 Å². The molecule has 3 heterocycles. The van der Waals surface area contributed by atoms with Gasteiger partial charge in [-0.25, -0.2) is 9.97 Å². The Morgan fingerprint density at radius 2 is 1.94 bits per heavy atom. The third-order valence-corrected chi connectivity index (χ3v) is 6.29. The molecule has 3 aromatic rings. The van der Waals surface area contributed by atoms with Crippen molar-refractivity contribution in [1.82, 2.24) is 15.3 Å². The van der Waals surface area contributed by atoms with Gasteiger partial charge >= 0.3 is 0 Å². The van der Waals surface area contributed by atoms with Gasteiger partial charge in [-0.15, -0.1) is 0 Å². The maximum absolute atomic E-state index is 13.0. The lowest BCUT2D eigenvalue weighted by Crippen LogP contribution is -2.36. The minimum absolute atomic E-state index is 0.0526. The normalized spacial score (nSPS) is 16.5. The molecule has 1 aliphatic rings. The zero-order chi connectivity index (χ0) is 24.8. The van der Waals surface area contributed by atoms with Gasteiger partial charge in [0.05, 0.1) is 5.56 Å². The van der Waals surface area contributed by atoms with E-state index in [1.807, 2.05) is 36.4 Å². The number of hydrogen-bond acceptors (Lipinski definition) is 6. The number of nitrogens with zero attached hydrogens (tertiary/aromatic N) is 2. The summed E-state index contributed by atoms with van der Waals surface area (Å²) in [7, 11) is 0. The molecule has 0 bridgehead atoms. The van der Waals surface area contributed by atoms with Crippen LogP contribution in [0.2, 0.25) is 0 Å². The van der Waals surface area contributed by atoms with Gasteiger partial charge in [-0.2, -0.15) is 0 Å². The number of benzene rings is 1. The number of carbonyl (C=O) groups excluding carboxylic acids is 1. The van der Waals surface area contributed by atoms with Crippen molar-refractivity contribution < 1.29 is 9.53 Å². The molecule has 35 heavy (non-hydrogen) atoms. The summed E-state index contributed by atoms with van der Waals surface area (Å²) in [6, 6.07) is 15.7. The average molecular weight is 474 g/mol. The molecule has 184 valence electrons. The second kappa shape index (κ2) is 10.9. The van der Waals surface area contributed by atoms with E-state index >= 15 is 0 Å². The number of anilines is 2. The molecule has 2 atom stereocenters. The predicted octanol–water partition coefficient (Wildman–Crippen LogP) is 5.16. The third-order valence-electron chi connectivity index (χ3n) is 6.29. The Labute approximate surface area is 207 Å². The van der Waals surface area contributed by atoms with E-state index in [2.05, 4.69) is 53.6 Å². The zero-order valence-electron chi connectivity index (χ0n) is 21.0. The molecule has 2 unspecified atom stereocenters. The maximum atomic E-state index is 13.0. The predicted molar refractivity (Wildman–Crippen MR) is 140 cm³/mol. The van der Waals surface area contributed by atoms with Crippen molar-refractivity contribution in [2.24, 2.45) is 0 Å². The number of pyridine rings is 2. The van der Waals surface area contributed by atoms with Crippen LogP contribution in [0.5, 0.6) is 5.88 Å². The monoisotopic (exact) mass is 473 g/mol. The van der Waals surface area contributed by atoms with E-state index in [0.29, 0.717) is 29.8 Å². The lowest BCUT2D eigenvalue weighted by Gasteiger charge is -2.20. The maximum Gasteiger partial charge on any atom is 0.259 e. The molecule has 4 rings (SSSR count). The van der Waals surface area contributed by atoms with Gasteiger partial charge in [-0.1, -0.05) is 32.9 Å². The van der Waals surface area contributed by atoms with Crippen molar-refractivity contribution in [3.05, 3.63) is 77.6 Å². The molecule has 0 radical (unpaired) electrons. The van der Waals surface area contributed by atoms with E-state index in [-0.39, 0.29) is 17.4 Å². The molecular weight excluding hydrogens is 438 g/mol. The lowest BCUT2D eigenvalue weighted by molar-refractivity contribution is 0.102. The van der Waals surface area contributed by atoms with E-state index in [1.54, 1.807) is 24.5 Å². The topological polar surface area (TPSA) is 88.2 Å². The summed E-state index contributed by atoms with van der Waals surface area (Å²) in [5.41, 5.74) is 3.51. The van der Waals surface area contributed by atoms with E-state index in [1.165, 1.54) is 12.0 Å². The number of amides is 1. The van der Waals surface area contributed by atoms with Crippen molar-refractivity contribution in [3.63, 3.8) is 0 Å². The van der Waals surface area contributed by atoms with Crippen LogP contribution in [-0.2, 0) is 12.0 Å². The summed E-state index contributed by atoms with van der Waals surface area (Å²) in [6.45, 7) is 10.1. The van der Waals surface area contributed by atoms with E-state index in [9.17, 15) is 4.79 Å². The van der Waals surface area contributed by atoms with Gasteiger partial charge in [0.15, 0.2) is 0 Å². The van der Waals surface area contributed by atoms with Crippen LogP contribution in [0, 0.1) is 0 Å². The van der Waals surface area contributed by atoms with Crippen LogP contribution >= 0.6 is 0 Å². The molecule has 2 aromatic heterocycles. The van der Waals surface area contributed by atoms with Crippen LogP contribution in [-0.4, -0.2) is 34.6 Å². The largest absolute Gasteiger partial charge is 0.473 e. The van der Waals surface area contributed by atoms with Gasteiger partial charge in [0, 0.05) is 36.7 Å². The lowest BCUT2D eigenvalue weighted by atomic mass is 9.87. The highest BCUT2D eigenvalue weighted by molar-refractivity contribution is 6.07. The highest BCUT2D eigenvalue weighted by atomic mass is 16.5. The van der Waals surface area contributed by atoms with Crippen LogP contribution in [0.15, 0.2) is 60.9 Å². The van der Waals surface area contributed by atoms with Crippen molar-refractivity contribution >= 4 is 17.4 Å². The molecule has 1 aromatic carbocycles. The minimum Gasteiger partial charge on any atom is -0.473 e. The standard InChI is InChI=1S/C28H35N5O2/c1-19(24-8-6-14-29-24)35-25-17-20(13-16-30-25)18-32-26-23(7-5-15-31-26)27(34)33-22-11-9-21(10-12-22)28(2,3)4/h5,7,9-13,15-17,19,24,29H,6,8,14,18H2,1-4H3,(H,31,32)(H,33,34). The molecule has 1 fully saturated rings. The second-order valence-electron chi connectivity index (χ2n) is 10.1. The Morgan fingerprint density at radius 1 is 1.14 bits per heavy atom. The molecule has 3 N–H and O–H groups in total. The summed E-state index contributed by atoms with van der Waals surface area (Å²) in [4.78, 5) is 21.8. The van der Waals surface area contributed by atoms with Gasteiger partial charge in [-0.05, 0) is 73.2 Å². The number of aromatic nitrogens is 2. The van der Waals surface area contributed by atoms with Crippen LogP contribution in [0.25, 0.3) is 0 Å². The average Bonchev–Trinajstić information content (AvgIpc) is 3.38. The van der Waals surface area contributed by atoms with Gasteiger partial charge in [0.1, 0.15) is 11.9 Å². The Kier molecular flexibility index (Phi) is 7.66. The third kappa shape index (κ3) is 6.57. The van der Waals surface area contributed by atoms with Crippen molar-refractivity contribution in [2.45, 2.75) is 64.6 Å². The van der Waals surface area contributed by atoms with Crippen LogP contribution in [0.1, 0.15) is 62.0 Å². The highest BCUT2D eigenvalue weighted by Gasteiger charge is 2.22. The molecule has 7 heteroatoms. The van der Waals surface area contributed by atoms with Gasteiger partial charge in [0.2, 0.25) is 5.88 Å². The number of ether oxygens (including phenoxy) is 1. The van der Waals surface area contributed by atoms with E-state index < -0.39 is 0 Å². The summed E-state index contributed by atoms with van der Waals surface area (Å²) < 4.78 is 6.07. The summed E-state index contributed by atoms with van der Waals surface area (Å²) in [5, 5.41) is 9.74. The summed E-state index contributed by atoms with van der Waals surface area (Å²) >= 11 is 0. The minimum atomic E-state index is -0.208. The molecule has 0 saturated carbocycles. The van der Waals surface area contributed by atoms with Crippen molar-refractivity contribution in [2.75, 3.05) is 17.2 Å². The summed E-state index contributed by atoms with van der Waals surface area (Å²) in [5.74, 6) is 0.919. The molecule has 0 aliphatic carbocycles. The molecule has 0 spiro atoms. The SMILES string of the molecule is CC(Oc1cc(CNc2ncccc2C(=O)Nc2ccc(C(C)(C)C)cc2)ccn1)C1CCCN1. The first-order chi connectivity index (χ1) is 16.8. The van der Waals surface area contributed by atoms with Gasteiger partial charge in [0.25, 0.3) is 5.91 Å². The fourth-order valence-electron chi connectivity index (χ4n) is 4.18. The second-order valence-corrected chi connectivity index (χ2v) is 10.1. The van der Waals surface area contributed by atoms with Crippen molar-refractivity contribution in [1.29, 1.82) is 0 Å². The highest BCUT2D eigenvalue weighted by Crippen LogP contribution is 2.24. The Bertz CT molecular complexity index is 1130. The first-order valence-corrected chi connectivity index (χ1v) is 12.3. The summed E-state index contributed by atoms with van der Waals surface area (Å²) in [6.07, 6.45) is 5.77.